The smallest absolute Gasteiger partial charge is 0.262 e. The lowest BCUT2D eigenvalue weighted by Crippen LogP contribution is -2.66. The number of anilines is 2. The van der Waals surface area contributed by atoms with Crippen molar-refractivity contribution in [1.82, 2.24) is 25.1 Å². The maximum absolute atomic E-state index is 13.4. The minimum absolute atomic E-state index is 0.0418. The summed E-state index contributed by atoms with van der Waals surface area (Å²) in [7, 11) is 0. The Morgan fingerprint density at radius 2 is 1.62 bits per heavy atom. The SMILES string of the molecule is CC(C)(c1ccc(OCc2ccnc(N3CC4(COC4)C3)n2)cc1)c1ccc(C(=O)N2CC(Nc3ccc4c(c3)C(=O)N(C3CCC(=O)NC3=O)C4=O)C2)cc1. The number of ether oxygens (including phenoxy) is 2. The number of likely N-dealkylation sites (tertiary alicyclic amines) is 1. The van der Waals surface area contributed by atoms with Crippen molar-refractivity contribution in [3.05, 3.63) is 113 Å². The molecule has 1 unspecified atom stereocenters. The molecule has 0 aliphatic carbocycles. The highest BCUT2D eigenvalue weighted by molar-refractivity contribution is 6.23. The van der Waals surface area contributed by atoms with Gasteiger partial charge in [-0.25, -0.2) is 9.97 Å². The second kappa shape index (κ2) is 13.6. The number of amides is 5. The van der Waals surface area contributed by atoms with Gasteiger partial charge in [0.1, 0.15) is 18.4 Å². The van der Waals surface area contributed by atoms with Gasteiger partial charge in [0.05, 0.1) is 41.5 Å². The van der Waals surface area contributed by atoms with E-state index in [9.17, 15) is 24.0 Å². The fourth-order valence-electron chi connectivity index (χ4n) is 8.13. The van der Waals surface area contributed by atoms with Gasteiger partial charge in [0, 0.05) is 55.5 Å². The van der Waals surface area contributed by atoms with Gasteiger partial charge < -0.3 is 24.6 Å². The molecule has 14 nitrogen and oxygen atoms in total. The van der Waals surface area contributed by atoms with Crippen molar-refractivity contribution in [1.29, 1.82) is 0 Å². The highest BCUT2D eigenvalue weighted by atomic mass is 16.5. The Bertz CT molecular complexity index is 2260. The van der Waals surface area contributed by atoms with Crippen LogP contribution < -0.4 is 20.3 Å². The first kappa shape index (κ1) is 35.5. The summed E-state index contributed by atoms with van der Waals surface area (Å²) in [6.45, 7) is 9.08. The zero-order valence-corrected chi connectivity index (χ0v) is 31.1. The zero-order valence-electron chi connectivity index (χ0n) is 31.1. The Kier molecular flexibility index (Phi) is 8.60. The van der Waals surface area contributed by atoms with Crippen LogP contribution in [0.2, 0.25) is 0 Å². The fourth-order valence-corrected chi connectivity index (χ4v) is 8.13. The first-order chi connectivity index (χ1) is 27.0. The summed E-state index contributed by atoms with van der Waals surface area (Å²) >= 11 is 0. The van der Waals surface area contributed by atoms with Crippen LogP contribution in [0.4, 0.5) is 11.6 Å². The summed E-state index contributed by atoms with van der Waals surface area (Å²) in [5.41, 5.74) is 4.63. The van der Waals surface area contributed by atoms with Crippen molar-refractivity contribution in [2.24, 2.45) is 5.41 Å². The standard InChI is InChI=1S/C42H41N7O7/c1-41(2,27-7-10-31(11-8-27)56-20-29-15-16-43-40(45-29)48-21-42(22-48)23-55-24-42)26-5-3-25(4-6-26)37(52)47-18-30(19-47)44-28-9-12-32-33(17-28)39(54)49(38(32)53)34-13-14-35(50)46-36(34)51/h3-12,15-17,30,34,44H,13-14,18-24H2,1-2H3,(H,46,50,51). The zero-order chi connectivity index (χ0) is 38.8. The van der Waals surface area contributed by atoms with Crippen molar-refractivity contribution < 1.29 is 33.4 Å². The third-order valence-electron chi connectivity index (χ3n) is 11.6. The highest BCUT2D eigenvalue weighted by Gasteiger charge is 2.50. The fraction of sp³-hybridized carbons (Fsp3) is 0.357. The summed E-state index contributed by atoms with van der Waals surface area (Å²) in [5.74, 6) is -0.760. The van der Waals surface area contributed by atoms with Crippen LogP contribution in [0.3, 0.4) is 0 Å². The van der Waals surface area contributed by atoms with Crippen LogP contribution in [0.15, 0.2) is 79.0 Å². The predicted molar refractivity (Wildman–Crippen MR) is 203 cm³/mol. The number of rotatable bonds is 10. The van der Waals surface area contributed by atoms with E-state index in [4.69, 9.17) is 14.5 Å². The molecule has 5 amide bonds. The maximum atomic E-state index is 13.4. The lowest BCUT2D eigenvalue weighted by molar-refractivity contribution is -0.136. The molecule has 14 heteroatoms. The minimum Gasteiger partial charge on any atom is -0.487 e. The molecule has 2 N–H and O–H groups in total. The van der Waals surface area contributed by atoms with Crippen molar-refractivity contribution in [2.75, 3.05) is 49.6 Å². The Morgan fingerprint density at radius 3 is 2.30 bits per heavy atom. The summed E-state index contributed by atoms with van der Waals surface area (Å²) in [4.78, 5) is 77.6. The lowest BCUT2D eigenvalue weighted by atomic mass is 9.78. The summed E-state index contributed by atoms with van der Waals surface area (Å²) in [6.07, 6.45) is 1.94. The van der Waals surface area contributed by atoms with Gasteiger partial charge in [0.2, 0.25) is 17.8 Å². The molecule has 5 aliphatic rings. The third kappa shape index (κ3) is 6.33. The summed E-state index contributed by atoms with van der Waals surface area (Å²) in [6, 6.07) is 21.5. The van der Waals surface area contributed by atoms with Crippen LogP contribution in [0.25, 0.3) is 0 Å². The first-order valence-corrected chi connectivity index (χ1v) is 18.9. The van der Waals surface area contributed by atoms with Crippen LogP contribution in [0.1, 0.15) is 74.6 Å². The topological polar surface area (TPSA) is 163 Å². The number of carbonyl (C=O) groups is 5. The molecular formula is C42H41N7O7. The van der Waals surface area contributed by atoms with Crippen molar-refractivity contribution in [3.63, 3.8) is 0 Å². The molecule has 5 aliphatic heterocycles. The summed E-state index contributed by atoms with van der Waals surface area (Å²) in [5, 5.41) is 5.56. The molecule has 1 atom stereocenters. The van der Waals surface area contributed by atoms with E-state index < -0.39 is 29.7 Å². The number of hydrogen-bond donors (Lipinski definition) is 2. The number of hydrogen-bond acceptors (Lipinski definition) is 11. The van der Waals surface area contributed by atoms with E-state index in [2.05, 4.69) is 46.5 Å². The molecule has 286 valence electrons. The van der Waals surface area contributed by atoms with E-state index in [1.807, 2.05) is 42.5 Å². The molecule has 0 saturated carbocycles. The second-order valence-corrected chi connectivity index (χ2v) is 16.0. The Morgan fingerprint density at radius 1 is 0.929 bits per heavy atom. The average molecular weight is 756 g/mol. The van der Waals surface area contributed by atoms with E-state index >= 15 is 0 Å². The molecular weight excluding hydrogens is 715 g/mol. The van der Waals surface area contributed by atoms with Crippen LogP contribution >= 0.6 is 0 Å². The van der Waals surface area contributed by atoms with E-state index in [1.165, 1.54) is 0 Å². The van der Waals surface area contributed by atoms with Gasteiger partial charge in [-0.15, -0.1) is 0 Å². The van der Waals surface area contributed by atoms with Gasteiger partial charge in [-0.3, -0.25) is 34.2 Å². The molecule has 4 saturated heterocycles. The van der Waals surface area contributed by atoms with Gasteiger partial charge in [0.25, 0.3) is 17.7 Å². The van der Waals surface area contributed by atoms with Crippen LogP contribution in [-0.4, -0.2) is 101 Å². The molecule has 0 bridgehead atoms. The summed E-state index contributed by atoms with van der Waals surface area (Å²) < 4.78 is 11.5. The van der Waals surface area contributed by atoms with Crippen LogP contribution in [0, 0.1) is 5.41 Å². The Hall–Kier alpha value is -6.15. The average Bonchev–Trinajstić information content (AvgIpc) is 3.39. The maximum Gasteiger partial charge on any atom is 0.262 e. The Labute approximate surface area is 323 Å². The molecule has 0 radical (unpaired) electrons. The molecule has 9 rings (SSSR count). The number of benzene rings is 3. The van der Waals surface area contributed by atoms with E-state index in [1.54, 1.807) is 29.3 Å². The van der Waals surface area contributed by atoms with E-state index in [0.29, 0.717) is 36.4 Å². The molecule has 1 aromatic heterocycles. The van der Waals surface area contributed by atoms with Gasteiger partial charge in [0.15, 0.2) is 0 Å². The van der Waals surface area contributed by atoms with Crippen molar-refractivity contribution in [2.45, 2.75) is 50.8 Å². The first-order valence-electron chi connectivity index (χ1n) is 18.9. The number of nitrogens with zero attached hydrogens (tertiary/aromatic N) is 5. The number of imide groups is 2. The third-order valence-corrected chi connectivity index (χ3v) is 11.6. The van der Waals surface area contributed by atoms with E-state index in [0.717, 1.165) is 59.7 Å². The number of piperidine rings is 1. The normalized spacial score (nSPS) is 20.2. The molecule has 56 heavy (non-hydrogen) atoms. The minimum atomic E-state index is -1.02. The second-order valence-electron chi connectivity index (χ2n) is 16.0. The number of aromatic nitrogens is 2. The molecule has 3 aromatic carbocycles. The number of fused-ring (bicyclic) bond motifs is 1. The highest BCUT2D eigenvalue weighted by Crippen LogP contribution is 2.39. The van der Waals surface area contributed by atoms with Crippen molar-refractivity contribution >= 4 is 41.2 Å². The van der Waals surface area contributed by atoms with Crippen molar-refractivity contribution in [3.8, 4) is 5.75 Å². The van der Waals surface area contributed by atoms with Gasteiger partial charge in [-0.2, -0.15) is 0 Å². The van der Waals surface area contributed by atoms with Gasteiger partial charge >= 0.3 is 0 Å². The molecule has 6 heterocycles. The monoisotopic (exact) mass is 755 g/mol. The Balaban J connectivity index is 0.765. The quantitative estimate of drug-likeness (QED) is 0.228. The van der Waals surface area contributed by atoms with E-state index in [-0.39, 0.29) is 41.3 Å². The molecule has 4 fully saturated rings. The van der Waals surface area contributed by atoms with Crippen LogP contribution in [-0.2, 0) is 26.3 Å². The number of carbonyl (C=O) groups excluding carboxylic acids is 5. The molecule has 1 spiro atoms. The number of nitrogens with one attached hydrogen (secondary N) is 2. The molecule has 4 aromatic rings. The van der Waals surface area contributed by atoms with Gasteiger partial charge in [-0.05, 0) is 66.1 Å². The largest absolute Gasteiger partial charge is 0.487 e. The van der Waals surface area contributed by atoms with Gasteiger partial charge in [-0.1, -0.05) is 38.1 Å². The lowest BCUT2D eigenvalue weighted by Gasteiger charge is -2.54. The van der Waals surface area contributed by atoms with Crippen LogP contribution in [0.5, 0.6) is 5.75 Å². The predicted octanol–water partition coefficient (Wildman–Crippen LogP) is 3.56.